The number of anilines is 3. The number of nitrogens with one attached hydrogen (secondary N) is 2. The number of ether oxygens (including phenoxy) is 2. The first kappa shape index (κ1) is 20.7. The summed E-state index contributed by atoms with van der Waals surface area (Å²) < 4.78 is 10.6. The molecule has 0 aromatic heterocycles. The normalized spacial score (nSPS) is 17.4. The van der Waals surface area contributed by atoms with Crippen LogP contribution < -0.4 is 20.3 Å². The minimum Gasteiger partial charge on any atom is -0.478 e. The summed E-state index contributed by atoms with van der Waals surface area (Å²) in [6, 6.07) is 12.9. The quantitative estimate of drug-likeness (QED) is 0.694. The van der Waals surface area contributed by atoms with E-state index in [1.54, 1.807) is 24.3 Å². The van der Waals surface area contributed by atoms with Gasteiger partial charge in [-0.15, -0.1) is 0 Å². The van der Waals surface area contributed by atoms with Crippen LogP contribution >= 0.6 is 0 Å². The highest BCUT2D eigenvalue weighted by atomic mass is 16.5. The molecule has 0 bridgehead atoms. The molecule has 8 heteroatoms. The van der Waals surface area contributed by atoms with Gasteiger partial charge in [0.15, 0.2) is 12.7 Å². The number of esters is 1. The third kappa shape index (κ3) is 4.96. The van der Waals surface area contributed by atoms with Crippen LogP contribution in [0.2, 0.25) is 0 Å². The molecule has 162 valence electrons. The number of aryl methyl sites for hydroxylation is 1. The summed E-state index contributed by atoms with van der Waals surface area (Å²) in [7, 11) is 0. The Hall–Kier alpha value is -3.55. The molecule has 0 aliphatic carbocycles. The van der Waals surface area contributed by atoms with Crippen molar-refractivity contribution >= 4 is 34.8 Å². The highest BCUT2D eigenvalue weighted by Crippen LogP contribution is 2.29. The molecule has 31 heavy (non-hydrogen) atoms. The van der Waals surface area contributed by atoms with Crippen LogP contribution in [-0.2, 0) is 19.1 Å². The van der Waals surface area contributed by atoms with E-state index in [2.05, 4.69) is 15.5 Å². The Bertz CT molecular complexity index is 1000. The molecule has 0 radical (unpaired) electrons. The molecule has 2 aliphatic heterocycles. The van der Waals surface area contributed by atoms with Crippen LogP contribution in [0, 0.1) is 6.92 Å². The van der Waals surface area contributed by atoms with Crippen molar-refractivity contribution in [3.05, 3.63) is 48.0 Å². The lowest BCUT2D eigenvalue weighted by Crippen LogP contribution is -2.39. The minimum absolute atomic E-state index is 0.281. The zero-order valence-electron chi connectivity index (χ0n) is 17.3. The summed E-state index contributed by atoms with van der Waals surface area (Å²) in [5, 5.41) is 5.45. The van der Waals surface area contributed by atoms with E-state index in [0.29, 0.717) is 17.1 Å². The second-order valence-corrected chi connectivity index (χ2v) is 7.70. The molecule has 2 heterocycles. The van der Waals surface area contributed by atoms with Crippen LogP contribution in [-0.4, -0.2) is 43.6 Å². The Morgan fingerprint density at radius 3 is 2.74 bits per heavy atom. The average molecular weight is 423 g/mol. The Morgan fingerprint density at radius 2 is 1.97 bits per heavy atom. The predicted octanol–water partition coefficient (Wildman–Crippen LogP) is 2.87. The largest absolute Gasteiger partial charge is 0.478 e. The Balaban J connectivity index is 1.26. The Labute approximate surface area is 180 Å². The molecule has 4 rings (SSSR count). The molecule has 0 saturated carbocycles. The zero-order chi connectivity index (χ0) is 21.8. The maximum Gasteiger partial charge on any atom is 0.310 e. The molecule has 2 amide bonds. The van der Waals surface area contributed by atoms with Crippen molar-refractivity contribution in [2.75, 3.05) is 35.2 Å². The summed E-state index contributed by atoms with van der Waals surface area (Å²) in [5.74, 6) is -1.06. The average Bonchev–Trinajstić information content (AvgIpc) is 3.29. The summed E-state index contributed by atoms with van der Waals surface area (Å²) in [6.07, 6.45) is 1.12. The van der Waals surface area contributed by atoms with E-state index in [9.17, 15) is 14.4 Å². The monoisotopic (exact) mass is 423 g/mol. The molecule has 2 aliphatic rings. The number of carbonyl (C=O) groups is 3. The fourth-order valence-corrected chi connectivity index (χ4v) is 3.73. The standard InChI is InChI=1S/C23H25N3O5/c1-15-12-16(26-10-4-5-11-26)8-9-17(15)24-21(27)14-30-22(28)13-20-23(29)25-18-6-2-3-7-19(18)31-20/h2-3,6-9,12,20H,4-5,10-11,13-14H2,1H3,(H,24,27)(H,25,29). The number of benzene rings is 2. The summed E-state index contributed by atoms with van der Waals surface area (Å²) >= 11 is 0. The Morgan fingerprint density at radius 1 is 1.19 bits per heavy atom. The van der Waals surface area contributed by atoms with Crippen LogP contribution in [0.4, 0.5) is 17.1 Å². The predicted molar refractivity (Wildman–Crippen MR) is 116 cm³/mol. The fraction of sp³-hybridized carbons (Fsp3) is 0.348. The van der Waals surface area contributed by atoms with Crippen LogP contribution in [0.25, 0.3) is 0 Å². The molecule has 2 N–H and O–H groups in total. The summed E-state index contributed by atoms with van der Waals surface area (Å²) in [4.78, 5) is 38.8. The van der Waals surface area contributed by atoms with Gasteiger partial charge in [0.25, 0.3) is 11.8 Å². The highest BCUT2D eigenvalue weighted by Gasteiger charge is 2.30. The lowest BCUT2D eigenvalue weighted by Gasteiger charge is -2.25. The molecule has 1 unspecified atom stereocenters. The number of hydrogen-bond acceptors (Lipinski definition) is 6. The number of rotatable bonds is 6. The van der Waals surface area contributed by atoms with Crippen molar-refractivity contribution < 1.29 is 23.9 Å². The second kappa shape index (κ2) is 9.07. The second-order valence-electron chi connectivity index (χ2n) is 7.70. The topological polar surface area (TPSA) is 97.0 Å². The van der Waals surface area contributed by atoms with Crippen molar-refractivity contribution in [2.45, 2.75) is 32.3 Å². The maximum absolute atomic E-state index is 12.2. The van der Waals surface area contributed by atoms with Gasteiger partial charge in [0.2, 0.25) is 0 Å². The van der Waals surface area contributed by atoms with Crippen molar-refractivity contribution in [1.82, 2.24) is 0 Å². The highest BCUT2D eigenvalue weighted by molar-refractivity contribution is 6.00. The SMILES string of the molecule is Cc1cc(N2CCCC2)ccc1NC(=O)COC(=O)CC1Oc2ccccc2NC1=O. The van der Waals surface area contributed by atoms with E-state index in [0.717, 1.165) is 24.3 Å². The van der Waals surface area contributed by atoms with Gasteiger partial charge in [-0.3, -0.25) is 14.4 Å². The molecule has 1 atom stereocenters. The number of amides is 2. The van der Waals surface area contributed by atoms with Crippen molar-refractivity contribution in [2.24, 2.45) is 0 Å². The van der Waals surface area contributed by atoms with Crippen molar-refractivity contribution in [3.63, 3.8) is 0 Å². The summed E-state index contributed by atoms with van der Waals surface area (Å²) in [5.41, 5.74) is 3.32. The zero-order valence-corrected chi connectivity index (χ0v) is 17.3. The van der Waals surface area contributed by atoms with Gasteiger partial charge in [0.05, 0.1) is 12.1 Å². The van der Waals surface area contributed by atoms with Crippen LogP contribution in [0.1, 0.15) is 24.8 Å². The van der Waals surface area contributed by atoms with E-state index in [-0.39, 0.29) is 6.42 Å². The first-order valence-corrected chi connectivity index (χ1v) is 10.4. The van der Waals surface area contributed by atoms with Crippen LogP contribution in [0.15, 0.2) is 42.5 Å². The van der Waals surface area contributed by atoms with E-state index < -0.39 is 30.5 Å². The third-order valence-electron chi connectivity index (χ3n) is 5.38. The fourth-order valence-electron chi connectivity index (χ4n) is 3.73. The molecule has 2 aromatic carbocycles. The van der Waals surface area contributed by atoms with Crippen molar-refractivity contribution in [1.29, 1.82) is 0 Å². The third-order valence-corrected chi connectivity index (χ3v) is 5.38. The molecule has 0 spiro atoms. The first-order chi connectivity index (χ1) is 15.0. The van der Waals surface area contributed by atoms with Gasteiger partial charge in [-0.2, -0.15) is 0 Å². The number of carbonyl (C=O) groups excluding carboxylic acids is 3. The van der Waals surface area contributed by atoms with E-state index >= 15 is 0 Å². The number of fused-ring (bicyclic) bond motifs is 1. The lowest BCUT2D eigenvalue weighted by atomic mass is 10.1. The van der Waals surface area contributed by atoms with Gasteiger partial charge >= 0.3 is 5.97 Å². The number of para-hydroxylation sites is 2. The summed E-state index contributed by atoms with van der Waals surface area (Å²) in [6.45, 7) is 3.60. The van der Waals surface area contributed by atoms with Gasteiger partial charge < -0.3 is 25.0 Å². The smallest absolute Gasteiger partial charge is 0.310 e. The van der Waals surface area contributed by atoms with Gasteiger partial charge in [-0.25, -0.2) is 0 Å². The van der Waals surface area contributed by atoms with Crippen LogP contribution in [0.5, 0.6) is 5.75 Å². The van der Waals surface area contributed by atoms with Gasteiger partial charge in [-0.05, 0) is 55.7 Å². The van der Waals surface area contributed by atoms with Gasteiger partial charge in [0.1, 0.15) is 5.75 Å². The van der Waals surface area contributed by atoms with Gasteiger partial charge in [-0.1, -0.05) is 12.1 Å². The van der Waals surface area contributed by atoms with Crippen LogP contribution in [0.3, 0.4) is 0 Å². The van der Waals surface area contributed by atoms with Gasteiger partial charge in [0, 0.05) is 24.5 Å². The minimum atomic E-state index is -0.995. The Kier molecular flexibility index (Phi) is 6.06. The van der Waals surface area contributed by atoms with E-state index in [4.69, 9.17) is 9.47 Å². The van der Waals surface area contributed by atoms with E-state index in [1.807, 2.05) is 25.1 Å². The lowest BCUT2D eigenvalue weighted by molar-refractivity contribution is -0.150. The molecule has 1 saturated heterocycles. The molecular formula is C23H25N3O5. The number of hydrogen-bond donors (Lipinski definition) is 2. The van der Waals surface area contributed by atoms with Crippen molar-refractivity contribution in [3.8, 4) is 5.75 Å². The molecule has 8 nitrogen and oxygen atoms in total. The molecule has 1 fully saturated rings. The molecule has 2 aromatic rings. The molecular weight excluding hydrogens is 398 g/mol. The first-order valence-electron chi connectivity index (χ1n) is 10.4. The van der Waals surface area contributed by atoms with E-state index in [1.165, 1.54) is 12.8 Å². The number of nitrogens with zero attached hydrogens (tertiary/aromatic N) is 1. The maximum atomic E-state index is 12.2.